The second kappa shape index (κ2) is 8.47. The molecule has 6 rings (SSSR count). The van der Waals surface area contributed by atoms with Crippen LogP contribution in [-0.2, 0) is 0 Å². The van der Waals surface area contributed by atoms with E-state index >= 15 is 0 Å². The third-order valence-electron chi connectivity index (χ3n) is 6.53. The third kappa shape index (κ3) is 3.94. The number of carbonyl (C=O) groups excluding carboxylic acids is 1. The maximum atomic E-state index is 13.1. The van der Waals surface area contributed by atoms with Crippen molar-refractivity contribution < 1.29 is 19.0 Å². The fraction of sp³-hybridized carbons (Fsp3) is 0.480. The Bertz CT molecular complexity index is 1230. The number of aromatic nitrogens is 3. The predicted octanol–water partition coefficient (Wildman–Crippen LogP) is 3.21. The van der Waals surface area contributed by atoms with E-state index in [0.29, 0.717) is 58.0 Å². The fourth-order valence-corrected chi connectivity index (χ4v) is 4.68. The van der Waals surface area contributed by atoms with Gasteiger partial charge in [0.25, 0.3) is 5.91 Å². The Hall–Kier alpha value is -3.33. The number of carbonyl (C=O) groups is 1. The second-order valence-electron chi connectivity index (χ2n) is 9.86. The number of fused-ring (bicyclic) bond motifs is 2. The van der Waals surface area contributed by atoms with Gasteiger partial charge in [0.2, 0.25) is 6.79 Å². The third-order valence-corrected chi connectivity index (χ3v) is 6.53. The Balaban J connectivity index is 1.29. The maximum Gasteiger partial charge on any atom is 0.255 e. The molecule has 1 amide bonds. The fourth-order valence-electron chi connectivity index (χ4n) is 4.68. The van der Waals surface area contributed by atoms with Gasteiger partial charge in [0.1, 0.15) is 23.3 Å². The number of hydrogen-bond acceptors (Lipinski definition) is 7. The van der Waals surface area contributed by atoms with Crippen LogP contribution in [0.1, 0.15) is 37.0 Å². The van der Waals surface area contributed by atoms with Crippen LogP contribution in [0.2, 0.25) is 0 Å². The van der Waals surface area contributed by atoms with Crippen molar-refractivity contribution in [1.82, 2.24) is 25.2 Å². The van der Waals surface area contributed by atoms with Crippen molar-refractivity contribution >= 4 is 16.9 Å². The van der Waals surface area contributed by atoms with Crippen molar-refractivity contribution in [3.63, 3.8) is 0 Å². The van der Waals surface area contributed by atoms with Crippen LogP contribution < -0.4 is 19.5 Å². The van der Waals surface area contributed by atoms with Gasteiger partial charge in [-0.15, -0.1) is 0 Å². The lowest BCUT2D eigenvalue weighted by molar-refractivity contribution is 0.0784. The van der Waals surface area contributed by atoms with E-state index in [2.05, 4.69) is 39.0 Å². The monoisotopic (exact) mass is 463 g/mol. The Kier molecular flexibility index (Phi) is 5.28. The molecule has 9 nitrogen and oxygen atoms in total. The average Bonchev–Trinajstić information content (AvgIpc) is 3.32. The number of nitrogens with one attached hydrogen (secondary N) is 2. The Labute approximate surface area is 197 Å². The Morgan fingerprint density at radius 2 is 2.12 bits per heavy atom. The molecule has 4 heterocycles. The minimum absolute atomic E-state index is 0.131. The van der Waals surface area contributed by atoms with Crippen molar-refractivity contribution in [1.29, 1.82) is 0 Å². The summed E-state index contributed by atoms with van der Waals surface area (Å²) in [5, 5.41) is 3.14. The SMILES string of the molecule is CC(C)CN1CC(NC(=O)c2c[nH]c3c(-c4c(OCC5CC5)ccc5c4OCO5)ncnc23)C1. The summed E-state index contributed by atoms with van der Waals surface area (Å²) < 4.78 is 17.6. The molecule has 1 aliphatic carbocycles. The molecule has 178 valence electrons. The molecule has 0 radical (unpaired) electrons. The number of H-pyrrole nitrogens is 1. The van der Waals surface area contributed by atoms with E-state index in [9.17, 15) is 4.79 Å². The molecule has 2 fully saturated rings. The van der Waals surface area contributed by atoms with Crippen LogP contribution in [-0.4, -0.2) is 64.8 Å². The largest absolute Gasteiger partial charge is 0.492 e. The van der Waals surface area contributed by atoms with E-state index in [1.54, 1.807) is 6.20 Å². The van der Waals surface area contributed by atoms with Gasteiger partial charge in [-0.2, -0.15) is 0 Å². The number of aromatic amines is 1. The highest BCUT2D eigenvalue weighted by molar-refractivity contribution is 6.08. The molecule has 3 aromatic rings. The first-order valence-electron chi connectivity index (χ1n) is 12.0. The van der Waals surface area contributed by atoms with Gasteiger partial charge >= 0.3 is 0 Å². The zero-order valence-electron chi connectivity index (χ0n) is 19.5. The van der Waals surface area contributed by atoms with Crippen LogP contribution in [0.25, 0.3) is 22.3 Å². The van der Waals surface area contributed by atoms with Gasteiger partial charge in [-0.05, 0) is 36.8 Å². The van der Waals surface area contributed by atoms with Crippen LogP contribution in [0, 0.1) is 11.8 Å². The van der Waals surface area contributed by atoms with E-state index in [1.165, 1.54) is 19.2 Å². The molecular formula is C25H29N5O4. The number of rotatable bonds is 8. The quantitative estimate of drug-likeness (QED) is 0.529. The van der Waals surface area contributed by atoms with Gasteiger partial charge in [0, 0.05) is 25.8 Å². The first-order chi connectivity index (χ1) is 16.6. The molecule has 0 unspecified atom stereocenters. The summed E-state index contributed by atoms with van der Waals surface area (Å²) in [4.78, 5) is 27.6. The van der Waals surface area contributed by atoms with Gasteiger partial charge in [-0.1, -0.05) is 13.8 Å². The van der Waals surface area contributed by atoms with E-state index < -0.39 is 0 Å². The highest BCUT2D eigenvalue weighted by Crippen LogP contribution is 2.48. The average molecular weight is 464 g/mol. The molecule has 2 N–H and O–H groups in total. The Morgan fingerprint density at radius 3 is 2.91 bits per heavy atom. The minimum atomic E-state index is -0.131. The molecule has 0 bridgehead atoms. The zero-order valence-corrected chi connectivity index (χ0v) is 19.5. The van der Waals surface area contributed by atoms with Crippen LogP contribution in [0.3, 0.4) is 0 Å². The number of amides is 1. The predicted molar refractivity (Wildman–Crippen MR) is 126 cm³/mol. The first-order valence-corrected chi connectivity index (χ1v) is 12.0. The topological polar surface area (TPSA) is 102 Å². The molecule has 2 aliphatic heterocycles. The summed E-state index contributed by atoms with van der Waals surface area (Å²) in [5.74, 6) is 3.04. The standard InChI is InChI=1S/C25H29N5O4/c1-14(2)8-30-9-16(10-30)29-25(31)17-7-26-23-21(17)27-12-28-22(23)20-18(32-11-15-3-4-15)5-6-19-24(20)34-13-33-19/h5-7,12,14-16,26H,3-4,8-11,13H2,1-2H3,(H,29,31). The molecule has 1 saturated carbocycles. The van der Waals surface area contributed by atoms with Crippen LogP contribution in [0.4, 0.5) is 0 Å². The molecule has 0 spiro atoms. The number of benzene rings is 1. The zero-order chi connectivity index (χ0) is 23.2. The summed E-state index contributed by atoms with van der Waals surface area (Å²) >= 11 is 0. The molecule has 2 aromatic heterocycles. The lowest BCUT2D eigenvalue weighted by Crippen LogP contribution is -2.59. The number of ether oxygens (including phenoxy) is 3. The molecule has 1 saturated heterocycles. The van der Waals surface area contributed by atoms with Crippen LogP contribution in [0.15, 0.2) is 24.7 Å². The minimum Gasteiger partial charge on any atom is -0.492 e. The van der Waals surface area contributed by atoms with E-state index in [1.807, 2.05) is 12.1 Å². The van der Waals surface area contributed by atoms with Crippen molar-refractivity contribution in [2.45, 2.75) is 32.7 Å². The maximum absolute atomic E-state index is 13.1. The molecule has 34 heavy (non-hydrogen) atoms. The molecule has 0 atom stereocenters. The van der Waals surface area contributed by atoms with Gasteiger partial charge in [-0.3, -0.25) is 9.69 Å². The Morgan fingerprint density at radius 1 is 1.26 bits per heavy atom. The van der Waals surface area contributed by atoms with Gasteiger partial charge < -0.3 is 24.5 Å². The summed E-state index contributed by atoms with van der Waals surface area (Å²) in [6.45, 7) is 8.02. The summed E-state index contributed by atoms with van der Waals surface area (Å²) in [6.07, 6.45) is 5.58. The van der Waals surface area contributed by atoms with Crippen molar-refractivity contribution in [2.75, 3.05) is 33.0 Å². The van der Waals surface area contributed by atoms with Crippen molar-refractivity contribution in [3.8, 4) is 28.5 Å². The smallest absolute Gasteiger partial charge is 0.255 e. The number of nitrogens with zero attached hydrogens (tertiary/aromatic N) is 3. The summed E-state index contributed by atoms with van der Waals surface area (Å²) in [7, 11) is 0. The van der Waals surface area contributed by atoms with Crippen molar-refractivity contribution in [3.05, 3.63) is 30.2 Å². The van der Waals surface area contributed by atoms with Gasteiger partial charge in [-0.25, -0.2) is 9.97 Å². The lowest BCUT2D eigenvalue weighted by Gasteiger charge is -2.40. The van der Waals surface area contributed by atoms with E-state index in [-0.39, 0.29) is 18.7 Å². The van der Waals surface area contributed by atoms with Crippen LogP contribution >= 0.6 is 0 Å². The highest BCUT2D eigenvalue weighted by Gasteiger charge is 2.31. The van der Waals surface area contributed by atoms with E-state index in [4.69, 9.17) is 14.2 Å². The number of likely N-dealkylation sites (tertiary alicyclic amines) is 1. The molecular weight excluding hydrogens is 434 g/mol. The van der Waals surface area contributed by atoms with Crippen LogP contribution in [0.5, 0.6) is 17.2 Å². The molecule has 3 aliphatic rings. The van der Waals surface area contributed by atoms with Gasteiger partial charge in [0.05, 0.1) is 29.3 Å². The second-order valence-corrected chi connectivity index (χ2v) is 9.86. The molecule has 9 heteroatoms. The van der Waals surface area contributed by atoms with E-state index in [0.717, 1.165) is 25.2 Å². The highest BCUT2D eigenvalue weighted by atomic mass is 16.7. The number of hydrogen-bond donors (Lipinski definition) is 2. The summed E-state index contributed by atoms with van der Waals surface area (Å²) in [5.41, 5.74) is 3.10. The summed E-state index contributed by atoms with van der Waals surface area (Å²) in [6, 6.07) is 3.92. The molecule has 1 aromatic carbocycles. The van der Waals surface area contributed by atoms with Gasteiger partial charge in [0.15, 0.2) is 11.5 Å². The first kappa shape index (κ1) is 21.2. The lowest BCUT2D eigenvalue weighted by atomic mass is 10.1. The normalized spacial score (nSPS) is 17.9. The van der Waals surface area contributed by atoms with Crippen molar-refractivity contribution in [2.24, 2.45) is 11.8 Å².